The van der Waals surface area contributed by atoms with Crippen molar-refractivity contribution in [3.05, 3.63) is 59.3 Å². The molecule has 1 unspecified atom stereocenters. The van der Waals surface area contributed by atoms with E-state index in [0.717, 1.165) is 12.8 Å². The highest BCUT2D eigenvalue weighted by Gasteiger charge is 2.32. The Morgan fingerprint density at radius 1 is 1.26 bits per heavy atom. The molecule has 23 heavy (non-hydrogen) atoms. The van der Waals surface area contributed by atoms with Gasteiger partial charge >= 0.3 is 5.97 Å². The molecule has 1 aromatic carbocycles. The predicted octanol–water partition coefficient (Wildman–Crippen LogP) is 2.90. The largest absolute Gasteiger partial charge is 0.457 e. The topological polar surface area (TPSA) is 68.5 Å². The number of nitrogens with one attached hydrogen (secondary N) is 1. The minimum atomic E-state index is -1.15. The van der Waals surface area contributed by atoms with Crippen molar-refractivity contribution in [3.8, 4) is 0 Å². The van der Waals surface area contributed by atoms with Gasteiger partial charge in [0.2, 0.25) is 11.9 Å². The number of ether oxygens (including phenoxy) is 1. The van der Waals surface area contributed by atoms with Crippen LogP contribution in [0.4, 0.5) is 4.39 Å². The highest BCUT2D eigenvalue weighted by molar-refractivity contribution is 5.91. The third kappa shape index (κ3) is 3.59. The van der Waals surface area contributed by atoms with Crippen LogP contribution < -0.4 is 5.32 Å². The van der Waals surface area contributed by atoms with Crippen molar-refractivity contribution >= 4 is 11.9 Å². The fourth-order valence-electron chi connectivity index (χ4n) is 2.16. The van der Waals surface area contributed by atoms with Crippen LogP contribution in [0, 0.1) is 12.7 Å². The van der Waals surface area contributed by atoms with Gasteiger partial charge in [0.05, 0.1) is 6.26 Å². The summed E-state index contributed by atoms with van der Waals surface area (Å²) in [7, 11) is 0. The second-order valence-corrected chi connectivity index (χ2v) is 5.55. The Kier molecular flexibility index (Phi) is 4.14. The summed E-state index contributed by atoms with van der Waals surface area (Å²) in [5, 5.41) is 2.79. The van der Waals surface area contributed by atoms with Gasteiger partial charge in [-0.2, -0.15) is 0 Å². The predicted molar refractivity (Wildman–Crippen MR) is 79.2 cm³/mol. The molecule has 120 valence electrons. The number of amides is 1. The van der Waals surface area contributed by atoms with Crippen LogP contribution in [0.3, 0.4) is 0 Å². The molecule has 2 aromatic rings. The molecule has 0 radical (unpaired) electrons. The van der Waals surface area contributed by atoms with Crippen LogP contribution in [0.5, 0.6) is 0 Å². The van der Waals surface area contributed by atoms with E-state index in [-0.39, 0.29) is 11.8 Å². The summed E-state index contributed by atoms with van der Waals surface area (Å²) >= 11 is 0. The second-order valence-electron chi connectivity index (χ2n) is 5.55. The van der Waals surface area contributed by atoms with Gasteiger partial charge in [0.1, 0.15) is 5.82 Å². The van der Waals surface area contributed by atoms with Crippen LogP contribution in [0.1, 0.15) is 40.6 Å². The Morgan fingerprint density at radius 3 is 2.52 bits per heavy atom. The average Bonchev–Trinajstić information content (AvgIpc) is 3.23. The third-order valence-corrected chi connectivity index (χ3v) is 3.61. The third-order valence-electron chi connectivity index (χ3n) is 3.61. The molecule has 0 saturated heterocycles. The van der Waals surface area contributed by atoms with Crippen molar-refractivity contribution in [2.45, 2.75) is 31.9 Å². The van der Waals surface area contributed by atoms with Crippen LogP contribution >= 0.6 is 0 Å². The lowest BCUT2D eigenvalue weighted by Gasteiger charge is -2.17. The van der Waals surface area contributed by atoms with Gasteiger partial charge in [-0.1, -0.05) is 12.1 Å². The molecule has 0 aliphatic heterocycles. The van der Waals surface area contributed by atoms with Gasteiger partial charge in [-0.3, -0.25) is 4.79 Å². The van der Waals surface area contributed by atoms with E-state index in [4.69, 9.17) is 9.15 Å². The monoisotopic (exact) mass is 317 g/mol. The van der Waals surface area contributed by atoms with Crippen LogP contribution in [-0.2, 0) is 9.53 Å². The zero-order valence-corrected chi connectivity index (χ0v) is 12.5. The Labute approximate surface area is 132 Å². The van der Waals surface area contributed by atoms with Crippen LogP contribution in [0.15, 0.2) is 41.0 Å². The summed E-state index contributed by atoms with van der Waals surface area (Å²) in [5.41, 5.74) is 1.03. The lowest BCUT2D eigenvalue weighted by Crippen LogP contribution is -2.33. The highest BCUT2D eigenvalue weighted by atomic mass is 19.1. The van der Waals surface area contributed by atoms with Crippen molar-refractivity contribution in [1.82, 2.24) is 5.32 Å². The number of aryl methyl sites for hydroxylation is 1. The number of carbonyl (C=O) groups excluding carboxylic acids is 2. The number of esters is 1. The molecule has 1 heterocycles. The van der Waals surface area contributed by atoms with Crippen molar-refractivity contribution in [3.63, 3.8) is 0 Å². The van der Waals surface area contributed by atoms with E-state index in [2.05, 4.69) is 5.32 Å². The van der Waals surface area contributed by atoms with Gasteiger partial charge in [0.25, 0.3) is 5.91 Å². The average molecular weight is 317 g/mol. The number of furan rings is 1. The molecule has 1 N–H and O–H groups in total. The molecule has 0 spiro atoms. The molecular weight excluding hydrogens is 301 g/mol. The SMILES string of the molecule is Cc1ccoc1C(=O)OC(C(=O)NC1CC1)c1ccc(F)cc1. The van der Waals surface area contributed by atoms with Gasteiger partial charge in [-0.05, 0) is 38.0 Å². The van der Waals surface area contributed by atoms with E-state index in [1.807, 2.05) is 0 Å². The highest BCUT2D eigenvalue weighted by Crippen LogP contribution is 2.25. The minimum Gasteiger partial charge on any atom is -0.457 e. The first-order valence-electron chi connectivity index (χ1n) is 7.35. The molecule has 1 aliphatic rings. The van der Waals surface area contributed by atoms with E-state index in [1.54, 1.807) is 13.0 Å². The summed E-state index contributed by atoms with van der Waals surface area (Å²) in [5.74, 6) is -1.52. The van der Waals surface area contributed by atoms with Gasteiger partial charge < -0.3 is 14.5 Å². The standard InChI is InChI=1S/C17H16FNO4/c1-10-8-9-22-14(10)17(21)23-15(16(20)19-13-6-7-13)11-2-4-12(18)5-3-11/h2-5,8-9,13,15H,6-7H2,1H3,(H,19,20). The number of benzene rings is 1. The van der Waals surface area contributed by atoms with Crippen molar-refractivity contribution < 1.29 is 23.1 Å². The summed E-state index contributed by atoms with van der Waals surface area (Å²) in [4.78, 5) is 24.6. The quantitative estimate of drug-likeness (QED) is 0.861. The molecule has 5 nitrogen and oxygen atoms in total. The number of hydrogen-bond donors (Lipinski definition) is 1. The molecule has 3 rings (SSSR count). The fourth-order valence-corrected chi connectivity index (χ4v) is 2.16. The number of halogens is 1. The molecule has 1 saturated carbocycles. The molecule has 1 amide bonds. The number of rotatable bonds is 5. The summed E-state index contributed by atoms with van der Waals surface area (Å²) in [6, 6.07) is 7.05. The van der Waals surface area contributed by atoms with Gasteiger partial charge in [0, 0.05) is 17.2 Å². The van der Waals surface area contributed by atoms with E-state index < -0.39 is 23.8 Å². The Hall–Kier alpha value is -2.63. The molecular formula is C17H16FNO4. The summed E-state index contributed by atoms with van der Waals surface area (Å²) in [6.45, 7) is 1.71. The maximum Gasteiger partial charge on any atom is 0.375 e. The van der Waals surface area contributed by atoms with Crippen LogP contribution in [0.25, 0.3) is 0 Å². The summed E-state index contributed by atoms with van der Waals surface area (Å²) < 4.78 is 23.5. The van der Waals surface area contributed by atoms with E-state index in [1.165, 1.54) is 30.5 Å². The maximum absolute atomic E-state index is 13.1. The van der Waals surface area contributed by atoms with Gasteiger partial charge in [-0.25, -0.2) is 9.18 Å². The number of hydrogen-bond acceptors (Lipinski definition) is 4. The van der Waals surface area contributed by atoms with Crippen LogP contribution in [-0.4, -0.2) is 17.9 Å². The van der Waals surface area contributed by atoms with E-state index in [0.29, 0.717) is 11.1 Å². The zero-order chi connectivity index (χ0) is 16.4. The molecule has 1 atom stereocenters. The Bertz CT molecular complexity index is 718. The molecule has 1 fully saturated rings. The lowest BCUT2D eigenvalue weighted by atomic mass is 10.1. The lowest BCUT2D eigenvalue weighted by molar-refractivity contribution is -0.130. The smallest absolute Gasteiger partial charge is 0.375 e. The first-order chi connectivity index (χ1) is 11.0. The molecule has 1 aromatic heterocycles. The first kappa shape index (κ1) is 15.3. The van der Waals surface area contributed by atoms with Crippen LogP contribution in [0.2, 0.25) is 0 Å². The van der Waals surface area contributed by atoms with Crippen molar-refractivity contribution in [2.24, 2.45) is 0 Å². The fraction of sp³-hybridized carbons (Fsp3) is 0.294. The first-order valence-corrected chi connectivity index (χ1v) is 7.35. The van der Waals surface area contributed by atoms with E-state index in [9.17, 15) is 14.0 Å². The zero-order valence-electron chi connectivity index (χ0n) is 12.5. The summed E-state index contributed by atoms with van der Waals surface area (Å²) in [6.07, 6.45) is 2.05. The van der Waals surface area contributed by atoms with Crippen molar-refractivity contribution in [1.29, 1.82) is 0 Å². The Balaban J connectivity index is 1.82. The van der Waals surface area contributed by atoms with Gasteiger partial charge in [0.15, 0.2) is 0 Å². The minimum absolute atomic E-state index is 0.0522. The normalized spacial score (nSPS) is 15.0. The van der Waals surface area contributed by atoms with E-state index >= 15 is 0 Å². The molecule has 0 bridgehead atoms. The molecule has 6 heteroatoms. The van der Waals surface area contributed by atoms with Gasteiger partial charge in [-0.15, -0.1) is 0 Å². The second kappa shape index (κ2) is 6.24. The number of carbonyl (C=O) groups is 2. The van der Waals surface area contributed by atoms with Crippen molar-refractivity contribution in [2.75, 3.05) is 0 Å². The molecule has 1 aliphatic carbocycles. The maximum atomic E-state index is 13.1. The Morgan fingerprint density at radius 2 is 1.96 bits per heavy atom.